The minimum absolute atomic E-state index is 0.339. The lowest BCUT2D eigenvalue weighted by Gasteiger charge is -2.02. The number of halogens is 2. The van der Waals surface area contributed by atoms with Crippen LogP contribution >= 0.6 is 11.6 Å². The maximum atomic E-state index is 13.4. The maximum Gasteiger partial charge on any atom is 0.304 e. The summed E-state index contributed by atoms with van der Waals surface area (Å²) in [6.07, 6.45) is 3.36. The lowest BCUT2D eigenvalue weighted by atomic mass is 10.2. The van der Waals surface area contributed by atoms with Gasteiger partial charge in [-0.3, -0.25) is 14.8 Å². The van der Waals surface area contributed by atoms with Gasteiger partial charge in [-0.2, -0.15) is 9.49 Å². The summed E-state index contributed by atoms with van der Waals surface area (Å²) in [5.41, 5.74) is 0.932. The van der Waals surface area contributed by atoms with Crippen molar-refractivity contribution in [3.63, 3.8) is 0 Å². The quantitative estimate of drug-likeness (QED) is 0.487. The number of hydrogen-bond acceptors (Lipinski definition) is 3. The molecule has 0 radical (unpaired) electrons. The summed E-state index contributed by atoms with van der Waals surface area (Å²) in [7, 11) is 0. The van der Waals surface area contributed by atoms with Crippen LogP contribution in [-0.4, -0.2) is 14.7 Å². The summed E-state index contributed by atoms with van der Waals surface area (Å²) in [5.74, 6) is -0.489. The van der Waals surface area contributed by atoms with Crippen LogP contribution in [0.2, 0.25) is 0 Å². The van der Waals surface area contributed by atoms with Crippen molar-refractivity contribution in [3.8, 4) is 0 Å². The van der Waals surface area contributed by atoms with Crippen LogP contribution in [0, 0.1) is 15.9 Å². The van der Waals surface area contributed by atoms with Crippen LogP contribution in [0.5, 0.6) is 0 Å². The van der Waals surface area contributed by atoms with Gasteiger partial charge in [0, 0.05) is 17.8 Å². The van der Waals surface area contributed by atoms with Gasteiger partial charge in [-0.05, 0) is 11.6 Å². The first kappa shape index (κ1) is 12.5. The molecule has 0 fully saturated rings. The van der Waals surface area contributed by atoms with Crippen LogP contribution in [0.1, 0.15) is 11.1 Å². The summed E-state index contributed by atoms with van der Waals surface area (Å²) in [5, 5.41) is 14.5. The normalized spacial score (nSPS) is 10.6. The molecule has 2 aromatic rings. The van der Waals surface area contributed by atoms with Crippen molar-refractivity contribution in [1.82, 2.24) is 9.78 Å². The zero-order chi connectivity index (χ0) is 13.1. The molecule has 0 amide bonds. The average molecular weight is 270 g/mol. The predicted octanol–water partition coefficient (Wildman–Crippen LogP) is 2.72. The highest BCUT2D eigenvalue weighted by atomic mass is 35.5. The van der Waals surface area contributed by atoms with Gasteiger partial charge < -0.3 is 0 Å². The standard InChI is InChI=1S/C11H9ClFN3O2/c12-4-9-5-14-15(7-9)6-8-1-2-11(16(17)18)10(13)3-8/h1-3,5,7H,4,6H2. The molecule has 0 atom stereocenters. The van der Waals surface area contributed by atoms with Gasteiger partial charge in [0.05, 0.1) is 23.5 Å². The second kappa shape index (κ2) is 5.14. The van der Waals surface area contributed by atoms with Crippen molar-refractivity contribution in [2.75, 3.05) is 0 Å². The average Bonchev–Trinajstić information content (AvgIpc) is 2.76. The van der Waals surface area contributed by atoms with Crippen molar-refractivity contribution in [1.29, 1.82) is 0 Å². The molecule has 0 unspecified atom stereocenters. The Bertz CT molecular complexity index is 585. The largest absolute Gasteiger partial charge is 0.304 e. The lowest BCUT2D eigenvalue weighted by molar-refractivity contribution is -0.387. The number of nitrogens with zero attached hydrogens (tertiary/aromatic N) is 3. The number of nitro benzene ring substituents is 1. The molecule has 0 aliphatic rings. The first-order chi connectivity index (χ1) is 8.60. The van der Waals surface area contributed by atoms with E-state index in [1.807, 2.05) is 0 Å². The van der Waals surface area contributed by atoms with Crippen LogP contribution in [0.3, 0.4) is 0 Å². The van der Waals surface area contributed by atoms with Crippen molar-refractivity contribution in [3.05, 3.63) is 57.7 Å². The minimum Gasteiger partial charge on any atom is -0.268 e. The topological polar surface area (TPSA) is 61.0 Å². The third-order valence-corrected chi connectivity index (χ3v) is 2.70. The molecule has 1 aromatic heterocycles. The van der Waals surface area contributed by atoms with Crippen LogP contribution in [0.15, 0.2) is 30.6 Å². The highest BCUT2D eigenvalue weighted by Gasteiger charge is 2.13. The number of alkyl halides is 1. The highest BCUT2D eigenvalue weighted by molar-refractivity contribution is 6.17. The summed E-state index contributed by atoms with van der Waals surface area (Å²) in [6.45, 7) is 0.339. The number of nitro groups is 1. The van der Waals surface area contributed by atoms with Gasteiger partial charge in [0.25, 0.3) is 0 Å². The second-order valence-corrected chi connectivity index (χ2v) is 3.99. The summed E-state index contributed by atoms with van der Waals surface area (Å²) in [6, 6.07) is 3.79. The van der Waals surface area contributed by atoms with Crippen LogP contribution in [0.25, 0.3) is 0 Å². The first-order valence-electron chi connectivity index (χ1n) is 5.10. The van der Waals surface area contributed by atoms with Gasteiger partial charge in [-0.25, -0.2) is 0 Å². The first-order valence-corrected chi connectivity index (χ1v) is 5.63. The smallest absolute Gasteiger partial charge is 0.268 e. The molecular weight excluding hydrogens is 261 g/mol. The van der Waals surface area contributed by atoms with E-state index in [1.165, 1.54) is 6.07 Å². The Hall–Kier alpha value is -1.95. The van der Waals surface area contributed by atoms with Crippen molar-refractivity contribution in [2.45, 2.75) is 12.4 Å². The van der Waals surface area contributed by atoms with Gasteiger partial charge >= 0.3 is 5.69 Å². The van der Waals surface area contributed by atoms with E-state index in [1.54, 1.807) is 17.1 Å². The lowest BCUT2D eigenvalue weighted by Crippen LogP contribution is -2.01. The Kier molecular flexibility index (Phi) is 3.57. The van der Waals surface area contributed by atoms with E-state index in [0.29, 0.717) is 18.0 Å². The zero-order valence-corrected chi connectivity index (χ0v) is 9.97. The van der Waals surface area contributed by atoms with Crippen LogP contribution in [0.4, 0.5) is 10.1 Å². The van der Waals surface area contributed by atoms with Crippen LogP contribution < -0.4 is 0 Å². The third kappa shape index (κ3) is 2.65. The van der Waals surface area contributed by atoms with E-state index in [9.17, 15) is 14.5 Å². The molecule has 0 saturated heterocycles. The number of hydrogen-bond donors (Lipinski definition) is 0. The molecule has 1 aromatic carbocycles. The molecule has 0 N–H and O–H groups in total. The Labute approximate surface area is 107 Å². The van der Waals surface area contributed by atoms with Gasteiger partial charge in [0.1, 0.15) is 0 Å². The Morgan fingerprint density at radius 1 is 1.44 bits per heavy atom. The molecule has 0 aliphatic heterocycles. The molecule has 7 heteroatoms. The minimum atomic E-state index is -0.845. The van der Waals surface area contributed by atoms with Gasteiger partial charge in [-0.15, -0.1) is 11.6 Å². The number of aromatic nitrogens is 2. The molecule has 1 heterocycles. The molecule has 0 bridgehead atoms. The summed E-state index contributed by atoms with van der Waals surface area (Å²) >= 11 is 5.64. The number of rotatable bonds is 4. The SMILES string of the molecule is O=[N+]([O-])c1ccc(Cn2cc(CCl)cn2)cc1F. The predicted molar refractivity (Wildman–Crippen MR) is 63.9 cm³/mol. The van der Waals surface area contributed by atoms with Crippen molar-refractivity contribution < 1.29 is 9.31 Å². The van der Waals surface area contributed by atoms with Crippen molar-refractivity contribution in [2.24, 2.45) is 0 Å². The van der Waals surface area contributed by atoms with E-state index < -0.39 is 16.4 Å². The summed E-state index contributed by atoms with van der Waals surface area (Å²) in [4.78, 5) is 9.72. The summed E-state index contributed by atoms with van der Waals surface area (Å²) < 4.78 is 15.0. The molecule has 0 spiro atoms. The van der Waals surface area contributed by atoms with E-state index in [0.717, 1.165) is 17.7 Å². The van der Waals surface area contributed by atoms with Gasteiger partial charge in [0.2, 0.25) is 5.82 Å². The van der Waals surface area contributed by atoms with E-state index in [-0.39, 0.29) is 0 Å². The zero-order valence-electron chi connectivity index (χ0n) is 9.22. The fourth-order valence-electron chi connectivity index (χ4n) is 1.55. The Morgan fingerprint density at radius 3 is 2.78 bits per heavy atom. The van der Waals surface area contributed by atoms with Crippen LogP contribution in [-0.2, 0) is 12.4 Å². The molecule has 18 heavy (non-hydrogen) atoms. The number of benzene rings is 1. The van der Waals surface area contributed by atoms with Crippen molar-refractivity contribution >= 4 is 17.3 Å². The van der Waals surface area contributed by atoms with E-state index in [4.69, 9.17) is 11.6 Å². The maximum absolute atomic E-state index is 13.4. The Morgan fingerprint density at radius 2 is 2.22 bits per heavy atom. The van der Waals surface area contributed by atoms with E-state index in [2.05, 4.69) is 5.10 Å². The highest BCUT2D eigenvalue weighted by Crippen LogP contribution is 2.18. The van der Waals surface area contributed by atoms with Gasteiger partial charge in [0.15, 0.2) is 0 Å². The molecule has 2 rings (SSSR count). The van der Waals surface area contributed by atoms with Gasteiger partial charge in [-0.1, -0.05) is 6.07 Å². The molecule has 94 valence electrons. The fourth-order valence-corrected chi connectivity index (χ4v) is 1.68. The molecule has 0 aliphatic carbocycles. The second-order valence-electron chi connectivity index (χ2n) is 3.72. The molecule has 5 nitrogen and oxygen atoms in total. The fraction of sp³-hybridized carbons (Fsp3) is 0.182. The van der Waals surface area contributed by atoms with E-state index >= 15 is 0 Å². The Balaban J connectivity index is 2.19. The molecule has 0 saturated carbocycles. The molecular formula is C11H9ClFN3O2. The monoisotopic (exact) mass is 269 g/mol. The third-order valence-electron chi connectivity index (χ3n) is 2.39.